The number of aromatic amines is 1. The Labute approximate surface area is 153 Å². The number of tetrazole rings is 1. The van der Waals surface area contributed by atoms with E-state index in [0.29, 0.717) is 22.9 Å². The average Bonchev–Trinajstić information content (AvgIpc) is 3.17. The standard InChI is InChI=1S/C18H14N8O/c1-10-5-7-11(8-6-10)14-13-15(17(27)22-21-14)20-18-23-24-25-26(18)16(13)12-4-2-3-9-19-12/h2-9,16H,1H3,(H,22,27)(H,20,23,25)/t16-/m0/s1. The molecule has 132 valence electrons. The van der Waals surface area contributed by atoms with Crippen molar-refractivity contribution < 1.29 is 0 Å². The summed E-state index contributed by atoms with van der Waals surface area (Å²) in [5, 5.41) is 21.8. The number of hydrogen-bond donors (Lipinski definition) is 2. The topological polar surface area (TPSA) is 114 Å². The maximum absolute atomic E-state index is 12.5. The summed E-state index contributed by atoms with van der Waals surface area (Å²) in [6.45, 7) is 2.02. The van der Waals surface area contributed by atoms with Crippen LogP contribution in [0.3, 0.4) is 0 Å². The first kappa shape index (κ1) is 15.4. The number of aryl methyl sites for hydroxylation is 1. The van der Waals surface area contributed by atoms with Crippen molar-refractivity contribution >= 4 is 11.6 Å². The van der Waals surface area contributed by atoms with E-state index in [4.69, 9.17) is 0 Å². The molecule has 9 nitrogen and oxygen atoms in total. The molecular formula is C18H14N8O. The predicted molar refractivity (Wildman–Crippen MR) is 97.6 cm³/mol. The Morgan fingerprint density at radius 3 is 2.74 bits per heavy atom. The number of hydrogen-bond acceptors (Lipinski definition) is 7. The summed E-state index contributed by atoms with van der Waals surface area (Å²) >= 11 is 0. The Kier molecular flexibility index (Phi) is 3.32. The van der Waals surface area contributed by atoms with Crippen LogP contribution in [0.5, 0.6) is 0 Å². The average molecular weight is 358 g/mol. The Morgan fingerprint density at radius 2 is 1.96 bits per heavy atom. The molecular weight excluding hydrogens is 344 g/mol. The highest BCUT2D eigenvalue weighted by atomic mass is 16.1. The van der Waals surface area contributed by atoms with Crippen LogP contribution in [-0.4, -0.2) is 35.4 Å². The summed E-state index contributed by atoms with van der Waals surface area (Å²) in [7, 11) is 0. The molecule has 3 aromatic heterocycles. The molecule has 1 aliphatic rings. The third-order valence-corrected chi connectivity index (χ3v) is 4.56. The van der Waals surface area contributed by atoms with Crippen LogP contribution < -0.4 is 10.9 Å². The molecule has 1 aromatic carbocycles. The van der Waals surface area contributed by atoms with Gasteiger partial charge < -0.3 is 5.32 Å². The van der Waals surface area contributed by atoms with Gasteiger partial charge in [0.25, 0.3) is 5.56 Å². The van der Waals surface area contributed by atoms with Crippen molar-refractivity contribution in [3.8, 4) is 11.3 Å². The second-order valence-corrected chi connectivity index (χ2v) is 6.29. The lowest BCUT2D eigenvalue weighted by Gasteiger charge is -2.27. The molecule has 0 amide bonds. The SMILES string of the molecule is Cc1ccc(-c2n[nH]c(=O)c3c2[C@H](c2ccccn2)n2nnnc2N3)cc1. The number of pyridine rings is 1. The van der Waals surface area contributed by atoms with Gasteiger partial charge in [-0.25, -0.2) is 5.10 Å². The largest absolute Gasteiger partial charge is 0.318 e. The normalized spacial score (nSPS) is 14.9. The maximum atomic E-state index is 12.5. The van der Waals surface area contributed by atoms with Gasteiger partial charge in [-0.15, -0.1) is 0 Å². The van der Waals surface area contributed by atoms with Gasteiger partial charge in [-0.3, -0.25) is 9.78 Å². The van der Waals surface area contributed by atoms with Crippen molar-refractivity contribution in [1.29, 1.82) is 0 Å². The van der Waals surface area contributed by atoms with E-state index in [1.54, 1.807) is 10.9 Å². The zero-order valence-corrected chi connectivity index (χ0v) is 14.3. The molecule has 27 heavy (non-hydrogen) atoms. The van der Waals surface area contributed by atoms with Crippen molar-refractivity contribution in [3.63, 3.8) is 0 Å². The van der Waals surface area contributed by atoms with Gasteiger partial charge in [0, 0.05) is 17.3 Å². The number of anilines is 2. The van der Waals surface area contributed by atoms with Gasteiger partial charge >= 0.3 is 0 Å². The summed E-state index contributed by atoms with van der Waals surface area (Å²) in [4.78, 5) is 17.0. The molecule has 0 bridgehead atoms. The zero-order chi connectivity index (χ0) is 18.4. The third kappa shape index (κ3) is 2.40. The number of aromatic nitrogens is 7. The number of fused-ring (bicyclic) bond motifs is 2. The summed E-state index contributed by atoms with van der Waals surface area (Å²) < 4.78 is 1.61. The van der Waals surface area contributed by atoms with Crippen LogP contribution in [0, 0.1) is 6.92 Å². The van der Waals surface area contributed by atoms with E-state index in [-0.39, 0.29) is 5.56 Å². The highest BCUT2D eigenvalue weighted by Gasteiger charge is 2.34. The fraction of sp³-hybridized carbons (Fsp3) is 0.111. The van der Waals surface area contributed by atoms with Crippen molar-refractivity contribution in [3.05, 3.63) is 75.8 Å². The molecule has 9 heteroatoms. The van der Waals surface area contributed by atoms with Gasteiger partial charge in [0.1, 0.15) is 11.7 Å². The molecule has 1 aliphatic heterocycles. The maximum Gasteiger partial charge on any atom is 0.288 e. The van der Waals surface area contributed by atoms with E-state index in [2.05, 4.69) is 36.0 Å². The first-order valence-electron chi connectivity index (χ1n) is 8.38. The summed E-state index contributed by atoms with van der Waals surface area (Å²) in [5.74, 6) is 0.379. The van der Waals surface area contributed by atoms with Gasteiger partial charge in [0.15, 0.2) is 0 Å². The van der Waals surface area contributed by atoms with E-state index in [9.17, 15) is 4.79 Å². The van der Waals surface area contributed by atoms with Crippen LogP contribution in [0.4, 0.5) is 11.6 Å². The molecule has 1 atom stereocenters. The Morgan fingerprint density at radius 1 is 1.11 bits per heavy atom. The molecule has 0 fully saturated rings. The van der Waals surface area contributed by atoms with Crippen LogP contribution in [0.1, 0.15) is 22.9 Å². The Hall–Kier alpha value is -3.88. The minimum Gasteiger partial charge on any atom is -0.318 e. The van der Waals surface area contributed by atoms with Gasteiger partial charge in [0.05, 0.1) is 11.4 Å². The van der Waals surface area contributed by atoms with Crippen molar-refractivity contribution in [2.75, 3.05) is 5.32 Å². The molecule has 2 N–H and O–H groups in total. The highest BCUT2D eigenvalue weighted by molar-refractivity contribution is 5.75. The molecule has 4 heterocycles. The van der Waals surface area contributed by atoms with E-state index >= 15 is 0 Å². The van der Waals surface area contributed by atoms with E-state index < -0.39 is 6.04 Å². The van der Waals surface area contributed by atoms with Crippen LogP contribution in [0.15, 0.2) is 53.5 Å². The molecule has 0 saturated heterocycles. The number of rotatable bonds is 2. The van der Waals surface area contributed by atoms with Crippen molar-refractivity contribution in [2.24, 2.45) is 0 Å². The Bertz CT molecular complexity index is 1180. The molecule has 0 saturated carbocycles. The minimum atomic E-state index is -0.474. The Balaban J connectivity index is 1.82. The van der Waals surface area contributed by atoms with Crippen molar-refractivity contribution in [1.82, 2.24) is 35.4 Å². The quantitative estimate of drug-likeness (QED) is 0.495. The lowest BCUT2D eigenvalue weighted by Crippen LogP contribution is -2.29. The lowest BCUT2D eigenvalue weighted by atomic mass is 9.95. The molecule has 5 rings (SSSR count). The number of nitrogens with zero attached hydrogens (tertiary/aromatic N) is 6. The van der Waals surface area contributed by atoms with Crippen LogP contribution in [0.2, 0.25) is 0 Å². The fourth-order valence-electron chi connectivity index (χ4n) is 3.28. The van der Waals surface area contributed by atoms with E-state index in [1.807, 2.05) is 49.4 Å². The molecule has 0 aliphatic carbocycles. The summed E-state index contributed by atoms with van der Waals surface area (Å²) in [5.41, 5.74) is 4.10. The van der Waals surface area contributed by atoms with Gasteiger partial charge in [-0.1, -0.05) is 41.0 Å². The molecule has 4 aromatic rings. The number of H-pyrrole nitrogens is 1. The van der Waals surface area contributed by atoms with E-state index in [0.717, 1.165) is 16.8 Å². The second kappa shape index (κ2) is 5.84. The third-order valence-electron chi connectivity index (χ3n) is 4.56. The van der Waals surface area contributed by atoms with Crippen LogP contribution in [-0.2, 0) is 0 Å². The number of benzene rings is 1. The molecule has 0 radical (unpaired) electrons. The molecule has 0 unspecified atom stereocenters. The fourth-order valence-corrected chi connectivity index (χ4v) is 3.28. The minimum absolute atomic E-state index is 0.337. The summed E-state index contributed by atoms with van der Waals surface area (Å²) in [6.07, 6.45) is 1.70. The van der Waals surface area contributed by atoms with E-state index in [1.165, 1.54) is 0 Å². The van der Waals surface area contributed by atoms with Crippen LogP contribution >= 0.6 is 0 Å². The zero-order valence-electron chi connectivity index (χ0n) is 14.3. The second-order valence-electron chi connectivity index (χ2n) is 6.29. The van der Waals surface area contributed by atoms with Crippen molar-refractivity contribution in [2.45, 2.75) is 13.0 Å². The lowest BCUT2D eigenvalue weighted by molar-refractivity contribution is 0.556. The highest BCUT2D eigenvalue weighted by Crippen LogP contribution is 2.40. The van der Waals surface area contributed by atoms with Gasteiger partial charge in [-0.2, -0.15) is 9.78 Å². The van der Waals surface area contributed by atoms with Gasteiger partial charge in [0.2, 0.25) is 5.95 Å². The van der Waals surface area contributed by atoms with Gasteiger partial charge in [-0.05, 0) is 29.5 Å². The number of nitrogens with one attached hydrogen (secondary N) is 2. The molecule has 0 spiro atoms. The summed E-state index contributed by atoms with van der Waals surface area (Å²) in [6, 6.07) is 13.1. The predicted octanol–water partition coefficient (Wildman–Crippen LogP) is 1.82. The smallest absolute Gasteiger partial charge is 0.288 e. The monoisotopic (exact) mass is 358 g/mol. The van der Waals surface area contributed by atoms with Crippen LogP contribution in [0.25, 0.3) is 11.3 Å². The first-order valence-corrected chi connectivity index (χ1v) is 8.38. The first-order chi connectivity index (χ1) is 13.2.